The van der Waals surface area contributed by atoms with Gasteiger partial charge in [0.2, 0.25) is 5.91 Å². The van der Waals surface area contributed by atoms with Gasteiger partial charge in [-0.2, -0.15) is 0 Å². The lowest BCUT2D eigenvalue weighted by molar-refractivity contribution is -0.128. The molecule has 0 aliphatic heterocycles. The van der Waals surface area contributed by atoms with Gasteiger partial charge in [0.15, 0.2) is 11.6 Å². The van der Waals surface area contributed by atoms with Gasteiger partial charge in [0.05, 0.1) is 5.69 Å². The van der Waals surface area contributed by atoms with Crippen LogP contribution in [0.2, 0.25) is 0 Å². The van der Waals surface area contributed by atoms with Gasteiger partial charge < -0.3 is 10.2 Å². The second-order valence-corrected chi connectivity index (χ2v) is 3.80. The zero-order chi connectivity index (χ0) is 12.8. The van der Waals surface area contributed by atoms with E-state index in [0.29, 0.717) is 25.1 Å². The lowest BCUT2D eigenvalue weighted by Gasteiger charge is -2.11. The molecule has 1 aromatic heterocycles. The van der Waals surface area contributed by atoms with Crippen LogP contribution in [0.1, 0.15) is 19.0 Å². The van der Waals surface area contributed by atoms with E-state index in [1.165, 1.54) is 11.2 Å². The molecule has 0 radical (unpaired) electrons. The highest BCUT2D eigenvalue weighted by Crippen LogP contribution is 2.12. The predicted octanol–water partition coefficient (Wildman–Crippen LogP) is 1.07. The monoisotopic (exact) mass is 240 g/mol. The summed E-state index contributed by atoms with van der Waals surface area (Å²) < 4.78 is 13.7. The average molecular weight is 240 g/mol. The number of nitrogens with zero attached hydrogens (tertiary/aromatic N) is 3. The van der Waals surface area contributed by atoms with E-state index in [2.05, 4.69) is 15.3 Å². The molecule has 0 aromatic carbocycles. The van der Waals surface area contributed by atoms with Crippen molar-refractivity contribution >= 4 is 11.7 Å². The number of aryl methyl sites for hydroxylation is 1. The summed E-state index contributed by atoms with van der Waals surface area (Å²) in [6.07, 6.45) is 2.13. The molecule has 1 heterocycles. The molecule has 0 fully saturated rings. The van der Waals surface area contributed by atoms with Crippen molar-refractivity contribution in [2.45, 2.75) is 19.8 Å². The summed E-state index contributed by atoms with van der Waals surface area (Å²) in [7, 11) is 3.37. The maximum Gasteiger partial charge on any atom is 0.223 e. The van der Waals surface area contributed by atoms with Crippen molar-refractivity contribution in [2.24, 2.45) is 0 Å². The molecule has 1 N–H and O–H groups in total. The highest BCUT2D eigenvalue weighted by molar-refractivity contribution is 5.76. The third-order valence-corrected chi connectivity index (χ3v) is 2.33. The Balaban J connectivity index is 2.55. The van der Waals surface area contributed by atoms with E-state index in [-0.39, 0.29) is 11.7 Å². The molecule has 0 aliphatic rings. The number of hydrogen-bond acceptors (Lipinski definition) is 4. The first kappa shape index (κ1) is 13.3. The fraction of sp³-hybridized carbons (Fsp3) is 0.545. The smallest absolute Gasteiger partial charge is 0.223 e. The first-order valence-corrected chi connectivity index (χ1v) is 5.49. The normalized spacial score (nSPS) is 10.1. The molecule has 0 spiro atoms. The summed E-state index contributed by atoms with van der Waals surface area (Å²) in [6, 6.07) is 0. The zero-order valence-electron chi connectivity index (χ0n) is 10.3. The van der Waals surface area contributed by atoms with E-state index < -0.39 is 5.82 Å². The third kappa shape index (κ3) is 3.65. The van der Waals surface area contributed by atoms with Crippen LogP contribution < -0.4 is 5.32 Å². The van der Waals surface area contributed by atoms with Gasteiger partial charge in [-0.1, -0.05) is 6.92 Å². The van der Waals surface area contributed by atoms with Crippen LogP contribution in [0.3, 0.4) is 0 Å². The summed E-state index contributed by atoms with van der Waals surface area (Å²) in [5.74, 6) is -0.293. The number of anilines is 1. The van der Waals surface area contributed by atoms with E-state index in [1.54, 1.807) is 14.1 Å². The summed E-state index contributed by atoms with van der Waals surface area (Å²) >= 11 is 0. The van der Waals surface area contributed by atoms with E-state index in [0.717, 1.165) is 0 Å². The van der Waals surface area contributed by atoms with Crippen LogP contribution in [0.5, 0.6) is 0 Å². The fourth-order valence-electron chi connectivity index (χ4n) is 1.29. The second-order valence-electron chi connectivity index (χ2n) is 3.80. The Bertz CT molecular complexity index is 395. The van der Waals surface area contributed by atoms with Crippen LogP contribution in [-0.2, 0) is 11.2 Å². The standard InChI is InChI=1S/C11H17FN4O/c1-4-8-10(12)11(15-7-14-8)13-6-5-9(17)16(2)3/h7H,4-6H2,1-3H3,(H,13,14,15). The quantitative estimate of drug-likeness (QED) is 0.836. The van der Waals surface area contributed by atoms with Crippen molar-refractivity contribution in [3.05, 3.63) is 17.8 Å². The number of amides is 1. The highest BCUT2D eigenvalue weighted by atomic mass is 19.1. The van der Waals surface area contributed by atoms with Gasteiger partial charge in [0, 0.05) is 27.1 Å². The summed E-state index contributed by atoms with van der Waals surface area (Å²) in [6.45, 7) is 2.18. The van der Waals surface area contributed by atoms with Crippen LogP contribution >= 0.6 is 0 Å². The molecule has 0 bridgehead atoms. The SMILES string of the molecule is CCc1ncnc(NCCC(=O)N(C)C)c1F. The number of carbonyl (C=O) groups is 1. The second kappa shape index (κ2) is 6.12. The first-order valence-electron chi connectivity index (χ1n) is 5.49. The molecule has 94 valence electrons. The van der Waals surface area contributed by atoms with Gasteiger partial charge in [-0.25, -0.2) is 14.4 Å². The Kier molecular flexibility index (Phi) is 4.81. The van der Waals surface area contributed by atoms with Crippen molar-refractivity contribution in [3.63, 3.8) is 0 Å². The molecule has 0 saturated heterocycles. The van der Waals surface area contributed by atoms with Gasteiger partial charge >= 0.3 is 0 Å². The Labute approximate surface area is 100 Å². The lowest BCUT2D eigenvalue weighted by Crippen LogP contribution is -2.24. The predicted molar refractivity (Wildman–Crippen MR) is 63.2 cm³/mol. The number of hydrogen-bond donors (Lipinski definition) is 1. The summed E-state index contributed by atoms with van der Waals surface area (Å²) in [5, 5.41) is 2.80. The van der Waals surface area contributed by atoms with Crippen molar-refractivity contribution in [1.29, 1.82) is 0 Å². The van der Waals surface area contributed by atoms with Crippen LogP contribution in [0.4, 0.5) is 10.2 Å². The zero-order valence-corrected chi connectivity index (χ0v) is 10.3. The Morgan fingerprint density at radius 2 is 2.18 bits per heavy atom. The van der Waals surface area contributed by atoms with Crippen molar-refractivity contribution < 1.29 is 9.18 Å². The van der Waals surface area contributed by atoms with Gasteiger partial charge in [-0.3, -0.25) is 4.79 Å². The molecule has 5 nitrogen and oxygen atoms in total. The summed E-state index contributed by atoms with van der Waals surface area (Å²) in [4.78, 5) is 20.4. The Hall–Kier alpha value is -1.72. The molecular formula is C11H17FN4O. The number of rotatable bonds is 5. The largest absolute Gasteiger partial charge is 0.367 e. The minimum absolute atomic E-state index is 0.0114. The molecule has 1 aromatic rings. The number of aromatic nitrogens is 2. The number of nitrogens with one attached hydrogen (secondary N) is 1. The van der Waals surface area contributed by atoms with E-state index in [4.69, 9.17) is 0 Å². The van der Waals surface area contributed by atoms with E-state index >= 15 is 0 Å². The topological polar surface area (TPSA) is 58.1 Å². The maximum atomic E-state index is 13.7. The third-order valence-electron chi connectivity index (χ3n) is 2.33. The maximum absolute atomic E-state index is 13.7. The molecule has 1 amide bonds. The fourth-order valence-corrected chi connectivity index (χ4v) is 1.29. The van der Waals surface area contributed by atoms with Crippen molar-refractivity contribution in [2.75, 3.05) is 26.0 Å². The van der Waals surface area contributed by atoms with Crippen LogP contribution in [0, 0.1) is 5.82 Å². The minimum atomic E-state index is -0.438. The summed E-state index contributed by atoms with van der Waals surface area (Å²) in [5.41, 5.74) is 0.376. The van der Waals surface area contributed by atoms with Gasteiger partial charge in [-0.15, -0.1) is 0 Å². The first-order chi connectivity index (χ1) is 8.06. The Morgan fingerprint density at radius 1 is 1.47 bits per heavy atom. The van der Waals surface area contributed by atoms with Crippen LogP contribution in [0.15, 0.2) is 6.33 Å². The highest BCUT2D eigenvalue weighted by Gasteiger charge is 2.10. The van der Waals surface area contributed by atoms with Gasteiger partial charge in [0.1, 0.15) is 6.33 Å². The Morgan fingerprint density at radius 3 is 2.76 bits per heavy atom. The molecular weight excluding hydrogens is 223 g/mol. The van der Waals surface area contributed by atoms with E-state index in [9.17, 15) is 9.18 Å². The van der Waals surface area contributed by atoms with E-state index in [1.807, 2.05) is 6.92 Å². The molecule has 0 unspecified atom stereocenters. The number of halogens is 1. The van der Waals surface area contributed by atoms with Gasteiger partial charge in [0.25, 0.3) is 0 Å². The molecule has 17 heavy (non-hydrogen) atoms. The molecule has 0 atom stereocenters. The van der Waals surface area contributed by atoms with Crippen molar-refractivity contribution in [3.8, 4) is 0 Å². The number of carbonyl (C=O) groups excluding carboxylic acids is 1. The molecule has 1 rings (SSSR count). The molecule has 0 saturated carbocycles. The average Bonchev–Trinajstić information content (AvgIpc) is 2.31. The molecule has 0 aliphatic carbocycles. The lowest BCUT2D eigenvalue weighted by atomic mass is 10.3. The minimum Gasteiger partial charge on any atom is -0.367 e. The molecule has 6 heteroatoms. The van der Waals surface area contributed by atoms with Gasteiger partial charge in [-0.05, 0) is 6.42 Å². The van der Waals surface area contributed by atoms with Crippen LogP contribution in [-0.4, -0.2) is 41.4 Å². The van der Waals surface area contributed by atoms with Crippen LogP contribution in [0.25, 0.3) is 0 Å². The van der Waals surface area contributed by atoms with Crippen molar-refractivity contribution in [1.82, 2.24) is 14.9 Å².